The first-order valence-corrected chi connectivity index (χ1v) is 6.54. The van der Waals surface area contributed by atoms with E-state index in [9.17, 15) is 8.78 Å². The van der Waals surface area contributed by atoms with Crippen LogP contribution in [0.2, 0.25) is 0 Å². The number of ether oxygens (including phenoxy) is 1. The quantitative estimate of drug-likeness (QED) is 0.933. The highest BCUT2D eigenvalue weighted by Crippen LogP contribution is 2.28. The molecular formula is C13H14F2N2OS. The maximum atomic E-state index is 12.0. The Morgan fingerprint density at radius 2 is 1.89 bits per heavy atom. The molecule has 2 aromatic rings. The summed E-state index contributed by atoms with van der Waals surface area (Å²) in [7, 11) is 0. The second-order valence-electron chi connectivity index (χ2n) is 4.66. The van der Waals surface area contributed by atoms with Gasteiger partial charge in [0.2, 0.25) is 0 Å². The van der Waals surface area contributed by atoms with Crippen LogP contribution >= 0.6 is 11.3 Å². The lowest BCUT2D eigenvalue weighted by Gasteiger charge is -2.13. The molecule has 1 heterocycles. The van der Waals surface area contributed by atoms with Gasteiger partial charge in [0.15, 0.2) is 0 Å². The highest BCUT2D eigenvalue weighted by molar-refractivity contribution is 7.10. The van der Waals surface area contributed by atoms with Crippen LogP contribution in [0, 0.1) is 0 Å². The van der Waals surface area contributed by atoms with Crippen LogP contribution in [0.3, 0.4) is 0 Å². The first-order valence-electron chi connectivity index (χ1n) is 5.66. The maximum Gasteiger partial charge on any atom is 0.387 e. The third-order valence-corrected chi connectivity index (χ3v) is 3.61. The van der Waals surface area contributed by atoms with E-state index in [0.717, 1.165) is 16.3 Å². The number of nitrogens with zero attached hydrogens (tertiary/aromatic N) is 1. The molecule has 0 saturated heterocycles. The topological polar surface area (TPSA) is 48.1 Å². The van der Waals surface area contributed by atoms with E-state index in [1.165, 1.54) is 23.5 Å². The fourth-order valence-corrected chi connectivity index (χ4v) is 2.38. The van der Waals surface area contributed by atoms with E-state index in [1.807, 2.05) is 19.2 Å². The lowest BCUT2D eigenvalue weighted by atomic mass is 10.1. The fraction of sp³-hybridized carbons (Fsp3) is 0.308. The predicted octanol–water partition coefficient (Wildman–Crippen LogP) is 3.61. The van der Waals surface area contributed by atoms with Gasteiger partial charge in [-0.05, 0) is 38.1 Å². The number of rotatable bonds is 4. The predicted molar refractivity (Wildman–Crippen MR) is 71.4 cm³/mol. The summed E-state index contributed by atoms with van der Waals surface area (Å²) in [6.07, 6.45) is 0. The van der Waals surface area contributed by atoms with Crippen molar-refractivity contribution >= 4 is 11.3 Å². The molecule has 0 radical (unpaired) electrons. The molecule has 6 heteroatoms. The lowest BCUT2D eigenvalue weighted by molar-refractivity contribution is -0.0498. The minimum Gasteiger partial charge on any atom is -0.435 e. The molecule has 0 bridgehead atoms. The summed E-state index contributed by atoms with van der Waals surface area (Å²) >= 11 is 1.48. The Morgan fingerprint density at radius 3 is 2.37 bits per heavy atom. The first kappa shape index (κ1) is 13.9. The summed E-state index contributed by atoms with van der Waals surface area (Å²) in [6.45, 7) is 0.958. The van der Waals surface area contributed by atoms with E-state index >= 15 is 0 Å². The number of thiazole rings is 1. The van der Waals surface area contributed by atoms with Gasteiger partial charge in [0.25, 0.3) is 0 Å². The van der Waals surface area contributed by atoms with Crippen LogP contribution in [0.4, 0.5) is 8.78 Å². The molecule has 0 unspecified atom stereocenters. The van der Waals surface area contributed by atoms with Crippen molar-refractivity contribution in [1.82, 2.24) is 4.98 Å². The van der Waals surface area contributed by atoms with Gasteiger partial charge in [-0.3, -0.25) is 0 Å². The number of halogens is 2. The molecule has 1 aromatic heterocycles. The molecule has 19 heavy (non-hydrogen) atoms. The average Bonchev–Trinajstić information content (AvgIpc) is 2.78. The third-order valence-electron chi connectivity index (χ3n) is 2.43. The van der Waals surface area contributed by atoms with Crippen molar-refractivity contribution < 1.29 is 13.5 Å². The Bertz CT molecular complexity index is 547. The third kappa shape index (κ3) is 3.48. The summed E-state index contributed by atoms with van der Waals surface area (Å²) in [6, 6.07) is 6.38. The standard InChI is InChI=1S/C13H14F2N2OS/c1-13(2,16)11-17-10(7-19-11)8-3-5-9(6-4-8)18-12(14)15/h3-7,12H,16H2,1-2H3. The Kier molecular flexibility index (Phi) is 3.82. The van der Waals surface area contributed by atoms with Gasteiger partial charge in [-0.15, -0.1) is 11.3 Å². The number of hydrogen-bond donors (Lipinski definition) is 1. The van der Waals surface area contributed by atoms with Crippen LogP contribution in [0.5, 0.6) is 5.75 Å². The van der Waals surface area contributed by atoms with Gasteiger partial charge in [-0.1, -0.05) is 0 Å². The molecule has 1 aromatic carbocycles. The molecule has 0 aliphatic rings. The minimum atomic E-state index is -2.81. The van der Waals surface area contributed by atoms with Crippen molar-refractivity contribution in [2.45, 2.75) is 26.0 Å². The molecule has 0 aliphatic carbocycles. The van der Waals surface area contributed by atoms with E-state index in [2.05, 4.69) is 9.72 Å². The van der Waals surface area contributed by atoms with Crippen LogP contribution in [0.1, 0.15) is 18.9 Å². The van der Waals surface area contributed by atoms with Crippen molar-refractivity contribution in [3.63, 3.8) is 0 Å². The SMILES string of the molecule is CC(C)(N)c1nc(-c2ccc(OC(F)F)cc2)cs1. The van der Waals surface area contributed by atoms with Crippen molar-refractivity contribution in [2.75, 3.05) is 0 Å². The highest BCUT2D eigenvalue weighted by atomic mass is 32.1. The van der Waals surface area contributed by atoms with Gasteiger partial charge < -0.3 is 10.5 Å². The number of hydrogen-bond acceptors (Lipinski definition) is 4. The summed E-state index contributed by atoms with van der Waals surface area (Å²) in [5.74, 6) is 0.133. The molecule has 0 aliphatic heterocycles. The highest BCUT2D eigenvalue weighted by Gasteiger charge is 2.18. The average molecular weight is 284 g/mol. The normalized spacial score (nSPS) is 11.9. The van der Waals surface area contributed by atoms with Gasteiger partial charge in [0.05, 0.1) is 11.2 Å². The number of benzene rings is 1. The zero-order valence-electron chi connectivity index (χ0n) is 10.6. The zero-order valence-corrected chi connectivity index (χ0v) is 11.4. The molecule has 3 nitrogen and oxygen atoms in total. The summed E-state index contributed by atoms with van der Waals surface area (Å²) in [5, 5.41) is 2.72. The van der Waals surface area contributed by atoms with E-state index in [-0.39, 0.29) is 5.75 Å². The second kappa shape index (κ2) is 5.22. The fourth-order valence-electron chi connectivity index (χ4n) is 1.51. The number of aromatic nitrogens is 1. The largest absolute Gasteiger partial charge is 0.435 e. The van der Waals surface area contributed by atoms with Crippen LogP contribution in [-0.2, 0) is 5.54 Å². The van der Waals surface area contributed by atoms with Crippen LogP contribution in [0.15, 0.2) is 29.6 Å². The molecule has 0 saturated carbocycles. The van der Waals surface area contributed by atoms with E-state index in [4.69, 9.17) is 5.73 Å². The minimum absolute atomic E-state index is 0.133. The molecule has 0 fully saturated rings. The van der Waals surface area contributed by atoms with Crippen LogP contribution in [0.25, 0.3) is 11.3 Å². The summed E-state index contributed by atoms with van der Waals surface area (Å²) in [5.41, 5.74) is 7.11. The van der Waals surface area contributed by atoms with Crippen molar-refractivity contribution in [2.24, 2.45) is 5.73 Å². The number of nitrogens with two attached hydrogens (primary N) is 1. The summed E-state index contributed by atoms with van der Waals surface area (Å²) in [4.78, 5) is 4.45. The molecule has 102 valence electrons. The Morgan fingerprint density at radius 1 is 1.26 bits per heavy atom. The molecule has 0 spiro atoms. The Balaban J connectivity index is 2.20. The van der Waals surface area contributed by atoms with Crippen molar-refractivity contribution in [1.29, 1.82) is 0 Å². The first-order chi connectivity index (χ1) is 8.86. The molecular weight excluding hydrogens is 270 g/mol. The molecule has 0 atom stereocenters. The summed E-state index contributed by atoms with van der Waals surface area (Å²) < 4.78 is 28.4. The van der Waals surface area contributed by atoms with E-state index in [0.29, 0.717) is 0 Å². The van der Waals surface area contributed by atoms with Gasteiger partial charge in [0, 0.05) is 10.9 Å². The van der Waals surface area contributed by atoms with Crippen LogP contribution < -0.4 is 10.5 Å². The van der Waals surface area contributed by atoms with Crippen molar-refractivity contribution in [3.05, 3.63) is 34.7 Å². The van der Waals surface area contributed by atoms with E-state index < -0.39 is 12.2 Å². The lowest BCUT2D eigenvalue weighted by Crippen LogP contribution is -2.28. The molecule has 0 amide bonds. The van der Waals surface area contributed by atoms with Crippen LogP contribution in [-0.4, -0.2) is 11.6 Å². The molecule has 2 rings (SSSR count). The zero-order chi connectivity index (χ0) is 14.0. The number of alkyl halides is 2. The van der Waals surface area contributed by atoms with Crippen molar-refractivity contribution in [3.8, 4) is 17.0 Å². The molecule has 2 N–H and O–H groups in total. The smallest absolute Gasteiger partial charge is 0.387 e. The monoisotopic (exact) mass is 284 g/mol. The Labute approximate surface area is 114 Å². The van der Waals surface area contributed by atoms with Gasteiger partial charge >= 0.3 is 6.61 Å². The van der Waals surface area contributed by atoms with Gasteiger partial charge in [-0.25, -0.2) is 4.98 Å². The van der Waals surface area contributed by atoms with E-state index in [1.54, 1.807) is 12.1 Å². The van der Waals surface area contributed by atoms with Gasteiger partial charge in [-0.2, -0.15) is 8.78 Å². The Hall–Kier alpha value is -1.53. The second-order valence-corrected chi connectivity index (χ2v) is 5.52. The maximum absolute atomic E-state index is 12.0. The van der Waals surface area contributed by atoms with Gasteiger partial charge in [0.1, 0.15) is 10.8 Å².